The average Bonchev–Trinajstić information content (AvgIpc) is 3.07. The van der Waals surface area contributed by atoms with Crippen molar-refractivity contribution in [2.75, 3.05) is 11.9 Å². The van der Waals surface area contributed by atoms with Crippen molar-refractivity contribution in [3.05, 3.63) is 81.2 Å². The van der Waals surface area contributed by atoms with Gasteiger partial charge in [0, 0.05) is 23.2 Å². The van der Waals surface area contributed by atoms with Crippen molar-refractivity contribution in [1.82, 2.24) is 19.6 Å². The molecule has 0 aliphatic heterocycles. The molecule has 6 nitrogen and oxygen atoms in total. The molecule has 0 spiro atoms. The lowest BCUT2D eigenvalue weighted by atomic mass is 10.2. The van der Waals surface area contributed by atoms with Crippen molar-refractivity contribution >= 4 is 27.4 Å². The molecule has 4 aromatic rings. The number of nitrogens with zero attached hydrogens (tertiary/aromatic N) is 4. The van der Waals surface area contributed by atoms with Gasteiger partial charge in [-0.3, -0.25) is 9.89 Å². The summed E-state index contributed by atoms with van der Waals surface area (Å²) in [7, 11) is 1.96. The van der Waals surface area contributed by atoms with E-state index < -0.39 is 0 Å². The minimum Gasteiger partial charge on any atom is -0.368 e. The van der Waals surface area contributed by atoms with Gasteiger partial charge >= 0.3 is 0 Å². The van der Waals surface area contributed by atoms with Gasteiger partial charge in [0.1, 0.15) is 0 Å². The molecule has 130 valence electrons. The molecule has 0 unspecified atom stereocenters. The highest BCUT2D eigenvalue weighted by Crippen LogP contribution is 2.25. The summed E-state index contributed by atoms with van der Waals surface area (Å²) >= 11 is 3.55. The Bertz CT molecular complexity index is 1120. The second kappa shape index (κ2) is 6.76. The summed E-state index contributed by atoms with van der Waals surface area (Å²) in [5, 5.41) is 3.01. The minimum atomic E-state index is -0.180. The molecule has 0 atom stereocenters. The largest absolute Gasteiger partial charge is 0.368 e. The zero-order chi connectivity index (χ0) is 18.1. The van der Waals surface area contributed by atoms with Crippen molar-refractivity contribution < 1.29 is 0 Å². The Hall–Kier alpha value is -2.93. The van der Waals surface area contributed by atoms with Gasteiger partial charge in [0.15, 0.2) is 5.82 Å². The Balaban J connectivity index is 1.69. The second-order valence-corrected chi connectivity index (χ2v) is 6.82. The zero-order valence-corrected chi connectivity index (χ0v) is 15.6. The summed E-state index contributed by atoms with van der Waals surface area (Å²) in [5.41, 5.74) is 2.42. The monoisotopic (exact) mass is 409 g/mol. The maximum atomic E-state index is 12.5. The standard InChI is InChI=1S/C19H16BrN5O/c1-24(16-10-6-5-9-15(16)20)12-14-11-17(26)25-19(21-14)22-18(23-25)13-7-3-2-4-8-13/h2-11H,12H2,1H3,(H,21,22,23). The Morgan fingerprint density at radius 1 is 1.08 bits per heavy atom. The van der Waals surface area contributed by atoms with Gasteiger partial charge in [-0.2, -0.15) is 9.50 Å². The van der Waals surface area contributed by atoms with Crippen LogP contribution in [0.4, 0.5) is 5.69 Å². The van der Waals surface area contributed by atoms with Gasteiger partial charge in [-0.15, -0.1) is 0 Å². The lowest BCUT2D eigenvalue weighted by molar-refractivity contribution is 0.839. The van der Waals surface area contributed by atoms with Crippen molar-refractivity contribution in [2.24, 2.45) is 0 Å². The van der Waals surface area contributed by atoms with Crippen LogP contribution in [0, 0.1) is 0 Å². The number of nitrogens with one attached hydrogen (secondary N) is 1. The first kappa shape index (κ1) is 16.5. The van der Waals surface area contributed by atoms with Crippen LogP contribution in [0.15, 0.2) is 69.9 Å². The Labute approximate surface area is 158 Å². The number of rotatable bonds is 4. The number of aromatic amines is 1. The molecule has 26 heavy (non-hydrogen) atoms. The van der Waals surface area contributed by atoms with E-state index >= 15 is 0 Å². The number of H-pyrrole nitrogens is 1. The Morgan fingerprint density at radius 3 is 2.58 bits per heavy atom. The van der Waals surface area contributed by atoms with Gasteiger partial charge in [0.05, 0.1) is 17.9 Å². The van der Waals surface area contributed by atoms with Gasteiger partial charge < -0.3 is 4.90 Å². The number of halogens is 1. The summed E-state index contributed by atoms with van der Waals surface area (Å²) in [5.74, 6) is 0.985. The van der Waals surface area contributed by atoms with Crippen molar-refractivity contribution in [3.8, 4) is 11.4 Å². The molecule has 2 heterocycles. The second-order valence-electron chi connectivity index (χ2n) is 5.97. The lowest BCUT2D eigenvalue weighted by Gasteiger charge is -2.20. The lowest BCUT2D eigenvalue weighted by Crippen LogP contribution is -2.22. The third-order valence-corrected chi connectivity index (χ3v) is 4.76. The predicted molar refractivity (Wildman–Crippen MR) is 105 cm³/mol. The molecule has 2 aromatic carbocycles. The van der Waals surface area contributed by atoms with Gasteiger partial charge in [0.25, 0.3) is 11.3 Å². The van der Waals surface area contributed by atoms with Crippen molar-refractivity contribution in [2.45, 2.75) is 6.54 Å². The fourth-order valence-electron chi connectivity index (χ4n) is 2.82. The molecule has 0 aliphatic carbocycles. The minimum absolute atomic E-state index is 0.180. The van der Waals surface area contributed by atoms with Crippen LogP contribution in [-0.2, 0) is 6.54 Å². The maximum absolute atomic E-state index is 12.5. The van der Waals surface area contributed by atoms with E-state index in [0.29, 0.717) is 23.8 Å². The molecule has 0 saturated heterocycles. The molecule has 0 fully saturated rings. The van der Waals surface area contributed by atoms with Gasteiger partial charge in [0.2, 0.25) is 0 Å². The molecular weight excluding hydrogens is 394 g/mol. The van der Waals surface area contributed by atoms with Crippen LogP contribution in [0.25, 0.3) is 17.2 Å². The molecule has 4 rings (SSSR count). The Kier molecular flexibility index (Phi) is 4.30. The summed E-state index contributed by atoms with van der Waals surface area (Å²) in [4.78, 5) is 23.5. The summed E-state index contributed by atoms with van der Waals surface area (Å²) in [6.07, 6.45) is 0. The van der Waals surface area contributed by atoms with Crippen LogP contribution >= 0.6 is 15.9 Å². The first-order chi connectivity index (χ1) is 12.6. The number of para-hydroxylation sites is 1. The molecule has 0 amide bonds. The van der Waals surface area contributed by atoms with E-state index in [1.54, 1.807) is 0 Å². The number of hydrogen-bond acceptors (Lipinski definition) is 4. The molecule has 7 heteroatoms. The highest BCUT2D eigenvalue weighted by molar-refractivity contribution is 9.10. The third kappa shape index (κ3) is 3.13. The molecule has 0 saturated carbocycles. The van der Waals surface area contributed by atoms with Crippen molar-refractivity contribution in [1.29, 1.82) is 0 Å². The van der Waals surface area contributed by atoms with E-state index in [9.17, 15) is 4.79 Å². The molecule has 2 aromatic heterocycles. The zero-order valence-electron chi connectivity index (χ0n) is 14.1. The van der Waals surface area contributed by atoms with E-state index in [0.717, 1.165) is 15.7 Å². The average molecular weight is 410 g/mol. The van der Waals surface area contributed by atoms with E-state index in [1.807, 2.05) is 66.5 Å². The Morgan fingerprint density at radius 2 is 1.81 bits per heavy atom. The van der Waals surface area contributed by atoms with E-state index in [-0.39, 0.29) is 5.56 Å². The maximum Gasteiger partial charge on any atom is 0.274 e. The van der Waals surface area contributed by atoms with Crippen LogP contribution in [0.5, 0.6) is 0 Å². The highest BCUT2D eigenvalue weighted by Gasteiger charge is 2.12. The summed E-state index contributed by atoms with van der Waals surface area (Å²) < 4.78 is 2.36. The quantitative estimate of drug-likeness (QED) is 0.560. The first-order valence-electron chi connectivity index (χ1n) is 8.11. The number of hydrogen-bond donors (Lipinski definition) is 1. The number of aromatic nitrogens is 4. The topological polar surface area (TPSA) is 66.3 Å². The van der Waals surface area contributed by atoms with Gasteiger partial charge in [-0.05, 0) is 28.1 Å². The molecule has 0 radical (unpaired) electrons. The molecular formula is C19H16BrN5O. The number of anilines is 1. The fourth-order valence-corrected chi connectivity index (χ4v) is 3.41. The first-order valence-corrected chi connectivity index (χ1v) is 8.91. The van der Waals surface area contributed by atoms with Crippen LogP contribution in [0.1, 0.15) is 5.69 Å². The fraction of sp³-hybridized carbons (Fsp3) is 0.105. The van der Waals surface area contributed by atoms with Gasteiger partial charge in [-0.25, -0.2) is 4.98 Å². The van der Waals surface area contributed by atoms with Crippen LogP contribution in [0.2, 0.25) is 0 Å². The number of benzene rings is 2. The van der Waals surface area contributed by atoms with Gasteiger partial charge in [-0.1, -0.05) is 42.5 Å². The molecule has 0 bridgehead atoms. The van der Waals surface area contributed by atoms with E-state index in [2.05, 4.69) is 31.0 Å². The smallest absolute Gasteiger partial charge is 0.274 e. The van der Waals surface area contributed by atoms with E-state index in [1.165, 1.54) is 10.6 Å². The van der Waals surface area contributed by atoms with E-state index in [4.69, 9.17) is 0 Å². The molecule has 0 aliphatic rings. The third-order valence-electron chi connectivity index (χ3n) is 4.09. The highest BCUT2D eigenvalue weighted by atomic mass is 79.9. The van der Waals surface area contributed by atoms with Crippen LogP contribution in [0.3, 0.4) is 0 Å². The summed E-state index contributed by atoms with van der Waals surface area (Å²) in [6, 6.07) is 19.1. The van der Waals surface area contributed by atoms with Crippen molar-refractivity contribution in [3.63, 3.8) is 0 Å². The predicted octanol–water partition coefficient (Wildman–Crippen LogP) is 3.48. The van der Waals surface area contributed by atoms with Crippen LogP contribution < -0.4 is 10.5 Å². The number of fused-ring (bicyclic) bond motifs is 1. The molecule has 1 N–H and O–H groups in total. The SMILES string of the molecule is CN(Cc1cc(=O)n2[nH]c(-c3ccccc3)nc2n1)c1ccccc1Br. The van der Waals surface area contributed by atoms with Crippen LogP contribution in [-0.4, -0.2) is 26.6 Å². The summed E-state index contributed by atoms with van der Waals surface area (Å²) in [6.45, 7) is 0.502. The normalized spacial score (nSPS) is 11.0.